The van der Waals surface area contributed by atoms with E-state index in [4.69, 9.17) is 0 Å². The van der Waals surface area contributed by atoms with Crippen LogP contribution in [0.4, 0.5) is 0 Å². The maximum atomic E-state index is 3.52. The molecule has 2 N–H and O–H groups in total. The molecule has 0 aromatic heterocycles. The Kier molecular flexibility index (Phi) is 7.55. The van der Waals surface area contributed by atoms with Gasteiger partial charge in [0.25, 0.3) is 0 Å². The maximum absolute atomic E-state index is 3.52. The zero-order valence-corrected chi connectivity index (χ0v) is 10.2. The summed E-state index contributed by atoms with van der Waals surface area (Å²) in [5, 5.41) is 6.69. The van der Waals surface area contributed by atoms with Gasteiger partial charge in [-0.05, 0) is 69.8 Å². The van der Waals surface area contributed by atoms with Crippen LogP contribution in [-0.2, 0) is 0 Å². The van der Waals surface area contributed by atoms with Gasteiger partial charge in [-0.1, -0.05) is 0 Å². The predicted molar refractivity (Wildman–Crippen MR) is 66.1 cm³/mol. The summed E-state index contributed by atoms with van der Waals surface area (Å²) in [5.41, 5.74) is 0. The van der Waals surface area contributed by atoms with Gasteiger partial charge in [-0.2, -0.15) is 11.8 Å². The molecule has 84 valence electrons. The maximum Gasteiger partial charge on any atom is -0.00368 e. The Morgan fingerprint density at radius 3 is 2.64 bits per heavy atom. The van der Waals surface area contributed by atoms with E-state index >= 15 is 0 Å². The molecule has 0 amide bonds. The standard InChI is InChI=1S/C11H24N2S/c1-12-6-2-7-13-8-3-11-4-9-14-10-5-11/h11-13H,2-10H2,1H3. The first-order chi connectivity index (χ1) is 6.93. The van der Waals surface area contributed by atoms with Crippen molar-refractivity contribution in [3.8, 4) is 0 Å². The van der Waals surface area contributed by atoms with Gasteiger partial charge >= 0.3 is 0 Å². The van der Waals surface area contributed by atoms with Crippen LogP contribution in [0.25, 0.3) is 0 Å². The molecule has 3 heteroatoms. The molecule has 0 unspecified atom stereocenters. The number of nitrogens with one attached hydrogen (secondary N) is 2. The zero-order valence-electron chi connectivity index (χ0n) is 9.35. The van der Waals surface area contributed by atoms with Crippen molar-refractivity contribution in [3.63, 3.8) is 0 Å². The fourth-order valence-corrected chi connectivity index (χ4v) is 3.06. The summed E-state index contributed by atoms with van der Waals surface area (Å²) in [6.07, 6.45) is 5.53. The van der Waals surface area contributed by atoms with Gasteiger partial charge < -0.3 is 10.6 Å². The first kappa shape index (κ1) is 12.3. The lowest BCUT2D eigenvalue weighted by atomic mass is 9.99. The largest absolute Gasteiger partial charge is 0.320 e. The minimum absolute atomic E-state index is 1.01. The van der Waals surface area contributed by atoms with E-state index in [0.29, 0.717) is 0 Å². The van der Waals surface area contributed by atoms with Crippen molar-refractivity contribution in [2.75, 3.05) is 38.2 Å². The van der Waals surface area contributed by atoms with Crippen LogP contribution in [0.15, 0.2) is 0 Å². The van der Waals surface area contributed by atoms with E-state index in [0.717, 1.165) is 12.5 Å². The van der Waals surface area contributed by atoms with E-state index in [9.17, 15) is 0 Å². The van der Waals surface area contributed by atoms with Gasteiger partial charge in [-0.15, -0.1) is 0 Å². The molecule has 1 aliphatic heterocycles. The first-order valence-electron chi connectivity index (χ1n) is 5.86. The number of thioether (sulfide) groups is 1. The topological polar surface area (TPSA) is 24.1 Å². The summed E-state index contributed by atoms with van der Waals surface area (Å²) in [7, 11) is 2.01. The average Bonchev–Trinajstić information content (AvgIpc) is 2.25. The van der Waals surface area contributed by atoms with E-state index in [1.165, 1.54) is 50.3 Å². The number of hydrogen-bond acceptors (Lipinski definition) is 3. The molecule has 14 heavy (non-hydrogen) atoms. The van der Waals surface area contributed by atoms with Gasteiger partial charge in [-0.25, -0.2) is 0 Å². The second-order valence-corrected chi connectivity index (χ2v) is 5.28. The third-order valence-corrected chi connectivity index (χ3v) is 3.90. The number of rotatable bonds is 7. The molecule has 0 atom stereocenters. The molecule has 0 spiro atoms. The van der Waals surface area contributed by atoms with Crippen molar-refractivity contribution in [2.45, 2.75) is 25.7 Å². The van der Waals surface area contributed by atoms with Gasteiger partial charge in [0.1, 0.15) is 0 Å². The lowest BCUT2D eigenvalue weighted by Gasteiger charge is -2.21. The molecule has 0 bridgehead atoms. The van der Waals surface area contributed by atoms with Crippen LogP contribution >= 0.6 is 11.8 Å². The van der Waals surface area contributed by atoms with Crippen LogP contribution in [0.2, 0.25) is 0 Å². The van der Waals surface area contributed by atoms with Crippen molar-refractivity contribution in [1.29, 1.82) is 0 Å². The lowest BCUT2D eigenvalue weighted by Crippen LogP contribution is -2.23. The van der Waals surface area contributed by atoms with Crippen molar-refractivity contribution in [1.82, 2.24) is 10.6 Å². The molecular formula is C11H24N2S. The first-order valence-corrected chi connectivity index (χ1v) is 7.02. The Morgan fingerprint density at radius 1 is 1.14 bits per heavy atom. The fourth-order valence-electron chi connectivity index (χ4n) is 1.86. The third-order valence-electron chi connectivity index (χ3n) is 2.85. The van der Waals surface area contributed by atoms with Crippen molar-refractivity contribution >= 4 is 11.8 Å². The second kappa shape index (κ2) is 8.57. The summed E-state index contributed by atoms with van der Waals surface area (Å²) < 4.78 is 0. The van der Waals surface area contributed by atoms with Crippen LogP contribution < -0.4 is 10.6 Å². The van der Waals surface area contributed by atoms with Gasteiger partial charge in [-0.3, -0.25) is 0 Å². The van der Waals surface area contributed by atoms with E-state index in [1.54, 1.807) is 0 Å². The van der Waals surface area contributed by atoms with Crippen LogP contribution in [0.3, 0.4) is 0 Å². The van der Waals surface area contributed by atoms with Crippen LogP contribution in [0, 0.1) is 5.92 Å². The highest BCUT2D eigenvalue weighted by molar-refractivity contribution is 7.99. The second-order valence-electron chi connectivity index (χ2n) is 4.05. The minimum Gasteiger partial charge on any atom is -0.320 e. The Hall–Kier alpha value is 0.270. The van der Waals surface area contributed by atoms with Gasteiger partial charge in [0.2, 0.25) is 0 Å². The van der Waals surface area contributed by atoms with E-state index < -0.39 is 0 Å². The zero-order chi connectivity index (χ0) is 10.1. The van der Waals surface area contributed by atoms with Crippen LogP contribution in [0.1, 0.15) is 25.7 Å². The molecule has 1 fully saturated rings. The van der Waals surface area contributed by atoms with Gasteiger partial charge in [0.15, 0.2) is 0 Å². The molecular weight excluding hydrogens is 192 g/mol. The molecule has 0 aliphatic carbocycles. The molecule has 2 nitrogen and oxygen atoms in total. The van der Waals surface area contributed by atoms with E-state index in [2.05, 4.69) is 22.4 Å². The minimum atomic E-state index is 1.01. The highest BCUT2D eigenvalue weighted by Gasteiger charge is 2.12. The third kappa shape index (κ3) is 5.89. The van der Waals surface area contributed by atoms with Gasteiger partial charge in [0.05, 0.1) is 0 Å². The summed E-state index contributed by atoms with van der Waals surface area (Å²) in [5.74, 6) is 3.79. The summed E-state index contributed by atoms with van der Waals surface area (Å²) in [6.45, 7) is 3.52. The molecule has 1 heterocycles. The van der Waals surface area contributed by atoms with Crippen molar-refractivity contribution < 1.29 is 0 Å². The summed E-state index contributed by atoms with van der Waals surface area (Å²) in [4.78, 5) is 0. The highest BCUT2D eigenvalue weighted by atomic mass is 32.2. The van der Waals surface area contributed by atoms with Crippen LogP contribution in [0.5, 0.6) is 0 Å². The SMILES string of the molecule is CNCCCNCCC1CCSCC1. The van der Waals surface area contributed by atoms with Crippen LogP contribution in [-0.4, -0.2) is 38.2 Å². The molecule has 1 rings (SSSR count). The Bertz CT molecular complexity index is 124. The van der Waals surface area contributed by atoms with Gasteiger partial charge in [0, 0.05) is 0 Å². The van der Waals surface area contributed by atoms with E-state index in [-0.39, 0.29) is 0 Å². The molecule has 0 aromatic rings. The lowest BCUT2D eigenvalue weighted by molar-refractivity contribution is 0.435. The molecule has 0 aromatic carbocycles. The fraction of sp³-hybridized carbons (Fsp3) is 1.00. The van der Waals surface area contributed by atoms with E-state index in [1.807, 2.05) is 7.05 Å². The average molecular weight is 216 g/mol. The molecule has 1 aliphatic rings. The Morgan fingerprint density at radius 2 is 1.93 bits per heavy atom. The quantitative estimate of drug-likeness (QED) is 0.634. The normalized spacial score (nSPS) is 18.6. The summed E-state index contributed by atoms with van der Waals surface area (Å²) >= 11 is 2.12. The Balaban J connectivity index is 1.82. The molecule has 0 saturated carbocycles. The smallest absolute Gasteiger partial charge is 0.00368 e. The summed E-state index contributed by atoms with van der Waals surface area (Å²) in [6, 6.07) is 0. The number of hydrogen-bond donors (Lipinski definition) is 2. The Labute approximate surface area is 92.6 Å². The highest BCUT2D eigenvalue weighted by Crippen LogP contribution is 2.24. The molecule has 0 radical (unpaired) electrons. The monoisotopic (exact) mass is 216 g/mol. The van der Waals surface area contributed by atoms with Crippen molar-refractivity contribution in [3.05, 3.63) is 0 Å². The van der Waals surface area contributed by atoms with Crippen molar-refractivity contribution in [2.24, 2.45) is 5.92 Å². The predicted octanol–water partition coefficient (Wildman–Crippen LogP) is 1.72. The molecule has 1 saturated heterocycles.